The van der Waals surface area contributed by atoms with E-state index in [9.17, 15) is 9.59 Å². The Morgan fingerprint density at radius 2 is 1.62 bits per heavy atom. The van der Waals surface area contributed by atoms with E-state index in [2.05, 4.69) is 32.9 Å². The summed E-state index contributed by atoms with van der Waals surface area (Å²) in [5.74, 6) is -0.0163. The summed E-state index contributed by atoms with van der Waals surface area (Å²) < 4.78 is 6.25. The quantitative estimate of drug-likeness (QED) is 0.435. The summed E-state index contributed by atoms with van der Waals surface area (Å²) in [5, 5.41) is 0. The van der Waals surface area contributed by atoms with Gasteiger partial charge in [-0.2, -0.15) is 0 Å². The van der Waals surface area contributed by atoms with E-state index >= 15 is 0 Å². The van der Waals surface area contributed by atoms with Crippen molar-refractivity contribution in [3.63, 3.8) is 0 Å². The fourth-order valence-corrected chi connectivity index (χ4v) is 6.12. The number of anilines is 1. The summed E-state index contributed by atoms with van der Waals surface area (Å²) in [7, 11) is 0. The van der Waals surface area contributed by atoms with Crippen molar-refractivity contribution in [2.45, 2.75) is 71.9 Å². The number of hydrogen-bond donors (Lipinski definition) is 0. The van der Waals surface area contributed by atoms with Gasteiger partial charge in [0.1, 0.15) is 6.61 Å². The first-order valence-electron chi connectivity index (χ1n) is 12.8. The van der Waals surface area contributed by atoms with Crippen molar-refractivity contribution >= 4 is 17.6 Å². The van der Waals surface area contributed by atoms with Crippen molar-refractivity contribution in [3.05, 3.63) is 64.7 Å². The summed E-state index contributed by atoms with van der Waals surface area (Å²) >= 11 is 0. The summed E-state index contributed by atoms with van der Waals surface area (Å²) in [4.78, 5) is 29.1. The van der Waals surface area contributed by atoms with Gasteiger partial charge in [-0.25, -0.2) is 4.79 Å². The van der Waals surface area contributed by atoms with E-state index in [0.717, 1.165) is 67.7 Å². The van der Waals surface area contributed by atoms with Crippen LogP contribution in [0.15, 0.2) is 42.5 Å². The number of piperidine rings is 1. The zero-order chi connectivity index (χ0) is 24.1. The summed E-state index contributed by atoms with van der Waals surface area (Å²) in [6, 6.07) is 14.0. The molecule has 5 nitrogen and oxygen atoms in total. The lowest BCUT2D eigenvalue weighted by atomic mass is 9.96. The van der Waals surface area contributed by atoms with Crippen molar-refractivity contribution in [3.8, 4) is 0 Å². The lowest BCUT2D eigenvalue weighted by molar-refractivity contribution is -0.936. The minimum Gasteiger partial charge on any atom is -0.457 e. The first-order chi connectivity index (χ1) is 16.4. The molecule has 2 aliphatic heterocycles. The van der Waals surface area contributed by atoms with Gasteiger partial charge in [0.05, 0.1) is 13.1 Å². The maximum atomic E-state index is 14.1. The van der Waals surface area contributed by atoms with Crippen molar-refractivity contribution in [2.75, 3.05) is 31.1 Å². The molecular formula is C29H39N2O3+. The maximum absolute atomic E-state index is 14.1. The Kier molecular flexibility index (Phi) is 7.72. The van der Waals surface area contributed by atoms with Gasteiger partial charge in [0.25, 0.3) is 5.91 Å². The molecule has 0 N–H and O–H groups in total. The van der Waals surface area contributed by atoms with Gasteiger partial charge in [-0.05, 0) is 69.6 Å². The summed E-state index contributed by atoms with van der Waals surface area (Å²) in [6.45, 7) is 9.36. The van der Waals surface area contributed by atoms with Gasteiger partial charge in [-0.3, -0.25) is 4.79 Å². The van der Waals surface area contributed by atoms with Crippen molar-refractivity contribution in [1.29, 1.82) is 0 Å². The number of esters is 1. The predicted molar refractivity (Wildman–Crippen MR) is 136 cm³/mol. The van der Waals surface area contributed by atoms with Gasteiger partial charge in [-0.1, -0.05) is 48.0 Å². The monoisotopic (exact) mass is 463 g/mol. The van der Waals surface area contributed by atoms with Gasteiger partial charge in [0, 0.05) is 18.7 Å². The first kappa shape index (κ1) is 24.5. The molecule has 2 fully saturated rings. The Balaban J connectivity index is 1.57. The fourth-order valence-electron chi connectivity index (χ4n) is 6.12. The van der Waals surface area contributed by atoms with Crippen LogP contribution in [-0.2, 0) is 20.9 Å². The molecule has 0 aliphatic carbocycles. The highest BCUT2D eigenvalue weighted by atomic mass is 16.5. The van der Waals surface area contributed by atoms with E-state index in [4.69, 9.17) is 4.74 Å². The van der Waals surface area contributed by atoms with E-state index < -0.39 is 0 Å². The molecule has 4 rings (SSSR count). The molecule has 2 saturated heterocycles. The smallest absolute Gasteiger partial charge is 0.362 e. The third kappa shape index (κ3) is 5.35. The number of benzene rings is 2. The molecule has 0 saturated carbocycles. The molecule has 2 aromatic carbocycles. The molecule has 0 spiro atoms. The second-order valence-corrected chi connectivity index (χ2v) is 10.3. The minimum atomic E-state index is -0.196. The lowest BCUT2D eigenvalue weighted by Gasteiger charge is -2.46. The van der Waals surface area contributed by atoms with Crippen LogP contribution >= 0.6 is 0 Å². The fraction of sp³-hybridized carbons (Fsp3) is 0.517. The Labute approximate surface area is 204 Å². The van der Waals surface area contributed by atoms with Crippen molar-refractivity contribution < 1.29 is 18.8 Å². The van der Waals surface area contributed by atoms with Crippen LogP contribution in [0.2, 0.25) is 0 Å². The minimum absolute atomic E-state index is 0.180. The molecule has 1 atom stereocenters. The van der Waals surface area contributed by atoms with E-state index in [-0.39, 0.29) is 31.1 Å². The van der Waals surface area contributed by atoms with E-state index in [1.807, 2.05) is 35.2 Å². The zero-order valence-electron chi connectivity index (χ0n) is 21.0. The zero-order valence-corrected chi connectivity index (χ0v) is 21.0. The average molecular weight is 464 g/mol. The van der Waals surface area contributed by atoms with Crippen LogP contribution in [0.3, 0.4) is 0 Å². The first-order valence-corrected chi connectivity index (χ1v) is 12.8. The SMILES string of the molecule is Cc1cc(C)c(N2CCCC([N+]3(CC(=O)OCc4ccccc4)CCCCCC3)C2=O)c(C)c1. The van der Waals surface area contributed by atoms with Crippen LogP contribution in [0.1, 0.15) is 60.8 Å². The molecule has 2 aliphatic rings. The molecule has 0 aromatic heterocycles. The number of carbonyl (C=O) groups excluding carboxylic acids is 2. The number of rotatable bonds is 6. The normalized spacial score (nSPS) is 20.6. The molecule has 2 aromatic rings. The topological polar surface area (TPSA) is 46.6 Å². The molecule has 0 radical (unpaired) electrons. The predicted octanol–water partition coefficient (Wildman–Crippen LogP) is 5.24. The van der Waals surface area contributed by atoms with Gasteiger partial charge < -0.3 is 14.1 Å². The molecule has 34 heavy (non-hydrogen) atoms. The number of nitrogens with zero attached hydrogens (tertiary/aromatic N) is 2. The third-order valence-corrected chi connectivity index (χ3v) is 7.62. The Hall–Kier alpha value is -2.66. The number of ether oxygens (including phenoxy) is 1. The summed E-state index contributed by atoms with van der Waals surface area (Å²) in [6.07, 6.45) is 6.24. The van der Waals surface area contributed by atoms with E-state index in [1.54, 1.807) is 0 Å². The van der Waals surface area contributed by atoms with Crippen molar-refractivity contribution in [2.24, 2.45) is 0 Å². The second kappa shape index (κ2) is 10.7. The van der Waals surface area contributed by atoms with Gasteiger partial charge in [-0.15, -0.1) is 0 Å². The molecule has 182 valence electrons. The van der Waals surface area contributed by atoms with Crippen LogP contribution < -0.4 is 4.90 Å². The molecule has 1 unspecified atom stereocenters. The molecule has 1 amide bonds. The van der Waals surface area contributed by atoms with E-state index in [1.165, 1.54) is 18.4 Å². The van der Waals surface area contributed by atoms with Crippen molar-refractivity contribution in [1.82, 2.24) is 0 Å². The van der Waals surface area contributed by atoms with Crippen LogP contribution in [0.4, 0.5) is 5.69 Å². The lowest BCUT2D eigenvalue weighted by Crippen LogP contribution is -2.65. The van der Waals surface area contributed by atoms with Gasteiger partial charge in [0.2, 0.25) is 0 Å². The number of carbonyl (C=O) groups is 2. The summed E-state index contributed by atoms with van der Waals surface area (Å²) in [5.41, 5.74) is 5.56. The standard InChI is InChI=1S/C29H39N2O3/c1-22-18-23(2)28(24(3)19-22)30-15-11-14-26(29(30)33)31(16-9-4-5-10-17-31)20-27(32)34-21-25-12-7-6-8-13-25/h6-8,12-13,18-19,26H,4-5,9-11,14-17,20-21H2,1-3H3/q+1. The van der Waals surface area contributed by atoms with E-state index in [0.29, 0.717) is 4.48 Å². The number of likely N-dealkylation sites (tertiary alicyclic amines) is 1. The van der Waals surface area contributed by atoms with Crippen LogP contribution in [0.5, 0.6) is 0 Å². The Morgan fingerprint density at radius 3 is 2.26 bits per heavy atom. The highest BCUT2D eigenvalue weighted by Crippen LogP contribution is 2.34. The van der Waals surface area contributed by atoms with Gasteiger partial charge >= 0.3 is 5.97 Å². The number of hydrogen-bond acceptors (Lipinski definition) is 3. The number of quaternary nitrogens is 1. The molecular weight excluding hydrogens is 424 g/mol. The van der Waals surface area contributed by atoms with Gasteiger partial charge in [0.15, 0.2) is 12.6 Å². The van der Waals surface area contributed by atoms with Crippen LogP contribution in [-0.4, -0.2) is 48.6 Å². The molecule has 5 heteroatoms. The van der Waals surface area contributed by atoms with Crippen LogP contribution in [0.25, 0.3) is 0 Å². The highest BCUT2D eigenvalue weighted by Gasteiger charge is 2.47. The third-order valence-electron chi connectivity index (χ3n) is 7.62. The number of amides is 1. The highest BCUT2D eigenvalue weighted by molar-refractivity contribution is 5.98. The second-order valence-electron chi connectivity index (χ2n) is 10.3. The largest absolute Gasteiger partial charge is 0.457 e. The maximum Gasteiger partial charge on any atom is 0.362 e. The average Bonchev–Trinajstić information content (AvgIpc) is 3.05. The molecule has 0 bridgehead atoms. The Bertz CT molecular complexity index is 986. The number of aryl methyl sites for hydroxylation is 3. The Morgan fingerprint density at radius 1 is 0.971 bits per heavy atom. The molecule has 2 heterocycles. The van der Waals surface area contributed by atoms with Crippen LogP contribution in [0, 0.1) is 20.8 Å².